The van der Waals surface area contributed by atoms with E-state index in [9.17, 15) is 9.59 Å². The molecular formula is C18H27N5O3. The molecule has 0 spiro atoms. The second-order valence-electron chi connectivity index (χ2n) is 5.98. The molecule has 0 radical (unpaired) electrons. The number of carbonyl (C=O) groups is 2. The van der Waals surface area contributed by atoms with Gasteiger partial charge in [0, 0.05) is 13.6 Å². The number of hydrogen-bond acceptors (Lipinski definition) is 4. The van der Waals surface area contributed by atoms with Gasteiger partial charge in [-0.3, -0.25) is 14.7 Å². The van der Waals surface area contributed by atoms with Crippen molar-refractivity contribution < 1.29 is 14.3 Å². The van der Waals surface area contributed by atoms with Crippen molar-refractivity contribution in [1.82, 2.24) is 20.4 Å². The highest BCUT2D eigenvalue weighted by Crippen LogP contribution is 2.15. The Morgan fingerprint density at radius 2 is 2.15 bits per heavy atom. The summed E-state index contributed by atoms with van der Waals surface area (Å²) in [5.74, 6) is 1.38. The first-order valence-corrected chi connectivity index (χ1v) is 8.79. The lowest BCUT2D eigenvalue weighted by molar-refractivity contribution is -0.124. The normalized spacial score (nSPS) is 14.4. The van der Waals surface area contributed by atoms with Gasteiger partial charge in [0.05, 0.1) is 26.2 Å². The zero-order valence-corrected chi connectivity index (χ0v) is 15.6. The molecule has 1 aliphatic rings. The number of aryl methyl sites for hydroxylation is 1. The molecule has 0 saturated carbocycles. The number of benzene rings is 1. The molecule has 1 aliphatic heterocycles. The predicted molar refractivity (Wildman–Crippen MR) is 100 cm³/mol. The minimum atomic E-state index is -0.352. The Bertz CT molecular complexity index is 646. The van der Waals surface area contributed by atoms with E-state index >= 15 is 0 Å². The first-order valence-electron chi connectivity index (χ1n) is 8.79. The smallest absolute Gasteiger partial charge is 0.324 e. The summed E-state index contributed by atoms with van der Waals surface area (Å²) in [6.45, 7) is 6.61. The van der Waals surface area contributed by atoms with Crippen LogP contribution >= 0.6 is 0 Å². The third-order valence-corrected chi connectivity index (χ3v) is 4.00. The van der Waals surface area contributed by atoms with Gasteiger partial charge >= 0.3 is 6.03 Å². The van der Waals surface area contributed by atoms with Gasteiger partial charge in [-0.1, -0.05) is 18.2 Å². The standard InChI is InChI=1S/C18H27N5O3/c1-4-19-17(20-9-10-23-16(24)13-21-18(23)25)22(3)11-12-26-15-8-6-5-7-14(15)2/h5-8H,4,9-13H2,1-3H3,(H,19,20)(H,21,25). The van der Waals surface area contributed by atoms with Crippen molar-refractivity contribution in [3.63, 3.8) is 0 Å². The van der Waals surface area contributed by atoms with E-state index in [1.54, 1.807) is 0 Å². The molecule has 0 aromatic heterocycles. The minimum Gasteiger partial charge on any atom is -0.491 e. The molecule has 0 unspecified atom stereocenters. The molecule has 1 aromatic rings. The van der Waals surface area contributed by atoms with Crippen LogP contribution in [0.4, 0.5) is 4.79 Å². The number of nitrogens with zero attached hydrogens (tertiary/aromatic N) is 3. The Morgan fingerprint density at radius 3 is 2.81 bits per heavy atom. The Labute approximate surface area is 154 Å². The largest absolute Gasteiger partial charge is 0.491 e. The highest BCUT2D eigenvalue weighted by atomic mass is 16.5. The van der Waals surface area contributed by atoms with E-state index < -0.39 is 0 Å². The first-order chi connectivity index (χ1) is 12.5. The number of amides is 3. The van der Waals surface area contributed by atoms with E-state index in [0.717, 1.165) is 17.9 Å². The Hall–Kier alpha value is -2.77. The van der Waals surface area contributed by atoms with Gasteiger partial charge in [-0.25, -0.2) is 4.79 Å². The van der Waals surface area contributed by atoms with Crippen LogP contribution in [0.3, 0.4) is 0 Å². The number of imide groups is 1. The van der Waals surface area contributed by atoms with Crippen molar-refractivity contribution in [1.29, 1.82) is 0 Å². The molecule has 2 rings (SSSR count). The number of guanidine groups is 1. The summed E-state index contributed by atoms with van der Waals surface area (Å²) < 4.78 is 5.82. The zero-order valence-electron chi connectivity index (χ0n) is 15.6. The Morgan fingerprint density at radius 1 is 1.38 bits per heavy atom. The third kappa shape index (κ3) is 5.37. The maximum Gasteiger partial charge on any atom is 0.324 e. The summed E-state index contributed by atoms with van der Waals surface area (Å²) in [7, 11) is 1.93. The molecule has 1 saturated heterocycles. The van der Waals surface area contributed by atoms with Crippen LogP contribution in [0.1, 0.15) is 12.5 Å². The van der Waals surface area contributed by atoms with Crippen LogP contribution in [0.5, 0.6) is 5.75 Å². The van der Waals surface area contributed by atoms with E-state index in [1.807, 2.05) is 50.1 Å². The molecule has 0 atom stereocenters. The van der Waals surface area contributed by atoms with Crippen molar-refractivity contribution in [2.24, 2.45) is 4.99 Å². The summed E-state index contributed by atoms with van der Waals surface area (Å²) in [6, 6.07) is 7.55. The summed E-state index contributed by atoms with van der Waals surface area (Å²) in [5.41, 5.74) is 1.10. The molecular weight excluding hydrogens is 334 g/mol. The van der Waals surface area contributed by atoms with Crippen molar-refractivity contribution in [2.45, 2.75) is 13.8 Å². The quantitative estimate of drug-likeness (QED) is 0.407. The van der Waals surface area contributed by atoms with Gasteiger partial charge in [-0.15, -0.1) is 0 Å². The molecule has 0 aliphatic carbocycles. The van der Waals surface area contributed by atoms with E-state index in [0.29, 0.717) is 25.7 Å². The van der Waals surface area contributed by atoms with E-state index in [2.05, 4.69) is 15.6 Å². The van der Waals surface area contributed by atoms with Gasteiger partial charge < -0.3 is 20.3 Å². The maximum atomic E-state index is 11.6. The average molecular weight is 361 g/mol. The average Bonchev–Trinajstić information content (AvgIpc) is 2.94. The number of likely N-dealkylation sites (N-methyl/N-ethyl adjacent to an activating group) is 1. The third-order valence-electron chi connectivity index (χ3n) is 4.00. The van der Waals surface area contributed by atoms with E-state index in [1.165, 1.54) is 4.90 Å². The molecule has 142 valence electrons. The monoisotopic (exact) mass is 361 g/mol. The predicted octanol–water partition coefficient (Wildman–Crippen LogP) is 0.823. The number of rotatable bonds is 8. The minimum absolute atomic E-state index is 0.0682. The van der Waals surface area contributed by atoms with Crippen LogP contribution in [0.2, 0.25) is 0 Å². The number of urea groups is 1. The fourth-order valence-electron chi connectivity index (χ4n) is 2.52. The SMILES string of the molecule is CCNC(=NCCN1C(=O)CNC1=O)N(C)CCOc1ccccc1C. The number of para-hydroxylation sites is 1. The van der Waals surface area contributed by atoms with Gasteiger partial charge in [-0.05, 0) is 25.5 Å². The van der Waals surface area contributed by atoms with E-state index in [4.69, 9.17) is 4.74 Å². The molecule has 3 amide bonds. The molecule has 1 fully saturated rings. The van der Waals surface area contributed by atoms with Crippen LogP contribution < -0.4 is 15.4 Å². The second kappa shape index (κ2) is 9.65. The highest BCUT2D eigenvalue weighted by Gasteiger charge is 2.27. The van der Waals surface area contributed by atoms with Crippen molar-refractivity contribution in [2.75, 3.05) is 46.4 Å². The lowest BCUT2D eigenvalue weighted by Crippen LogP contribution is -2.41. The topological polar surface area (TPSA) is 86.3 Å². The van der Waals surface area contributed by atoms with Gasteiger partial charge in [0.1, 0.15) is 12.4 Å². The second-order valence-corrected chi connectivity index (χ2v) is 5.98. The van der Waals surface area contributed by atoms with Crippen LogP contribution in [0, 0.1) is 6.92 Å². The Balaban J connectivity index is 1.83. The van der Waals surface area contributed by atoms with Gasteiger partial charge in [0.25, 0.3) is 0 Å². The van der Waals surface area contributed by atoms with Crippen LogP contribution in [-0.4, -0.2) is 74.1 Å². The molecule has 1 heterocycles. The van der Waals surface area contributed by atoms with Crippen molar-refractivity contribution in [3.05, 3.63) is 29.8 Å². The molecule has 8 heteroatoms. The number of nitrogens with one attached hydrogen (secondary N) is 2. The summed E-state index contributed by atoms with van der Waals surface area (Å²) in [4.78, 5) is 30.7. The fraction of sp³-hybridized carbons (Fsp3) is 0.500. The van der Waals surface area contributed by atoms with Gasteiger partial charge in [0.2, 0.25) is 5.91 Å². The van der Waals surface area contributed by atoms with Crippen molar-refractivity contribution in [3.8, 4) is 5.75 Å². The maximum absolute atomic E-state index is 11.6. The van der Waals surface area contributed by atoms with E-state index in [-0.39, 0.29) is 25.0 Å². The molecule has 2 N–H and O–H groups in total. The summed E-state index contributed by atoms with van der Waals surface area (Å²) >= 11 is 0. The van der Waals surface area contributed by atoms with Crippen LogP contribution in [-0.2, 0) is 4.79 Å². The van der Waals surface area contributed by atoms with Gasteiger partial charge in [-0.2, -0.15) is 0 Å². The first kappa shape index (κ1) is 19.6. The van der Waals surface area contributed by atoms with Crippen LogP contribution in [0.25, 0.3) is 0 Å². The van der Waals surface area contributed by atoms with Gasteiger partial charge in [0.15, 0.2) is 5.96 Å². The summed E-state index contributed by atoms with van der Waals surface area (Å²) in [6.07, 6.45) is 0. The number of hydrogen-bond donors (Lipinski definition) is 2. The van der Waals surface area contributed by atoms with Crippen LogP contribution in [0.15, 0.2) is 29.3 Å². The molecule has 0 bridgehead atoms. The molecule has 1 aromatic carbocycles. The molecule has 26 heavy (non-hydrogen) atoms. The zero-order chi connectivity index (χ0) is 18.9. The van der Waals surface area contributed by atoms with Crippen molar-refractivity contribution >= 4 is 17.9 Å². The molecule has 8 nitrogen and oxygen atoms in total. The fourth-order valence-corrected chi connectivity index (χ4v) is 2.52. The number of aliphatic imine (C=N–C) groups is 1. The highest BCUT2D eigenvalue weighted by molar-refractivity contribution is 6.01. The number of ether oxygens (including phenoxy) is 1. The lowest BCUT2D eigenvalue weighted by atomic mass is 10.2. The number of carbonyl (C=O) groups excluding carboxylic acids is 2. The summed E-state index contributed by atoms with van der Waals surface area (Å²) in [5, 5.41) is 5.71. The Kier molecular flexibility index (Phi) is 7.25. The lowest BCUT2D eigenvalue weighted by Gasteiger charge is -2.22.